The van der Waals surface area contributed by atoms with E-state index < -0.39 is 0 Å². The van der Waals surface area contributed by atoms with Crippen LogP contribution in [0.25, 0.3) is 0 Å². The summed E-state index contributed by atoms with van der Waals surface area (Å²) in [5, 5.41) is 3.86. The first kappa shape index (κ1) is 13.7. The van der Waals surface area contributed by atoms with Crippen molar-refractivity contribution >= 4 is 17.3 Å². The average Bonchev–Trinajstić information content (AvgIpc) is 2.41. The fraction of sp³-hybridized carbons (Fsp3) is 0.200. The lowest BCUT2D eigenvalue weighted by Crippen LogP contribution is -2.03. The molecule has 2 nitrogen and oxygen atoms in total. The molecule has 0 heterocycles. The Bertz CT molecular complexity index is 586. The van der Waals surface area contributed by atoms with E-state index in [1.807, 2.05) is 18.2 Å². The molecule has 2 aromatic carbocycles. The van der Waals surface area contributed by atoms with Gasteiger partial charge in [-0.1, -0.05) is 17.7 Å². The number of hydrogen-bond acceptors (Lipinski definition) is 2. The number of ether oxygens (including phenoxy) is 1. The van der Waals surface area contributed by atoms with Crippen LogP contribution in [0.1, 0.15) is 11.1 Å². The third-order valence-electron chi connectivity index (χ3n) is 2.92. The Balaban J connectivity index is 2.16. The van der Waals surface area contributed by atoms with Crippen molar-refractivity contribution in [2.24, 2.45) is 0 Å². The second-order valence-electron chi connectivity index (χ2n) is 4.24. The van der Waals surface area contributed by atoms with Crippen LogP contribution < -0.4 is 10.1 Å². The summed E-state index contributed by atoms with van der Waals surface area (Å²) in [4.78, 5) is 0. The normalized spacial score (nSPS) is 10.3. The van der Waals surface area contributed by atoms with Gasteiger partial charge in [-0.05, 0) is 42.8 Å². The monoisotopic (exact) mass is 279 g/mol. The van der Waals surface area contributed by atoms with Crippen molar-refractivity contribution in [3.63, 3.8) is 0 Å². The van der Waals surface area contributed by atoms with E-state index in [1.165, 1.54) is 6.07 Å². The minimum atomic E-state index is -0.208. The highest BCUT2D eigenvalue weighted by atomic mass is 35.5. The topological polar surface area (TPSA) is 21.3 Å². The third-order valence-corrected chi connectivity index (χ3v) is 3.28. The van der Waals surface area contributed by atoms with Gasteiger partial charge in [0.25, 0.3) is 0 Å². The Kier molecular flexibility index (Phi) is 4.27. The highest BCUT2D eigenvalue weighted by Gasteiger charge is 2.07. The quantitative estimate of drug-likeness (QED) is 0.895. The zero-order chi connectivity index (χ0) is 13.8. The predicted molar refractivity (Wildman–Crippen MR) is 76.5 cm³/mol. The summed E-state index contributed by atoms with van der Waals surface area (Å²) < 4.78 is 18.4. The molecular weight excluding hydrogens is 265 g/mol. The zero-order valence-electron chi connectivity index (χ0n) is 10.8. The van der Waals surface area contributed by atoms with Crippen LogP contribution in [-0.2, 0) is 6.54 Å². The van der Waals surface area contributed by atoms with Crippen molar-refractivity contribution in [1.29, 1.82) is 0 Å². The molecule has 2 rings (SSSR count). The van der Waals surface area contributed by atoms with Crippen LogP contribution in [0.3, 0.4) is 0 Å². The van der Waals surface area contributed by atoms with Crippen LogP contribution >= 0.6 is 11.6 Å². The summed E-state index contributed by atoms with van der Waals surface area (Å²) in [6.45, 7) is 2.25. The van der Waals surface area contributed by atoms with Gasteiger partial charge in [-0.2, -0.15) is 0 Å². The standard InChI is InChI=1S/C15H15ClFNO/c1-10-8-11(6-7-14(10)17)18-9-12-13(16)4-3-5-15(12)19-2/h3-8,18H,9H2,1-2H3. The van der Waals surface area contributed by atoms with E-state index in [0.717, 1.165) is 17.0 Å². The van der Waals surface area contributed by atoms with E-state index in [4.69, 9.17) is 16.3 Å². The number of aryl methyl sites for hydroxylation is 1. The maximum Gasteiger partial charge on any atom is 0.126 e. The minimum absolute atomic E-state index is 0.208. The van der Waals surface area contributed by atoms with E-state index in [9.17, 15) is 4.39 Å². The summed E-state index contributed by atoms with van der Waals surface area (Å²) in [6, 6.07) is 10.4. The lowest BCUT2D eigenvalue weighted by Gasteiger charge is -2.12. The molecule has 0 saturated heterocycles. The lowest BCUT2D eigenvalue weighted by molar-refractivity contribution is 0.410. The molecule has 0 fully saturated rings. The number of rotatable bonds is 4. The molecule has 0 aliphatic rings. The molecule has 0 aliphatic carbocycles. The summed E-state index contributed by atoms with van der Waals surface area (Å²) in [7, 11) is 1.61. The number of nitrogens with one attached hydrogen (secondary N) is 1. The van der Waals surface area contributed by atoms with Gasteiger partial charge in [-0.15, -0.1) is 0 Å². The number of anilines is 1. The van der Waals surface area contributed by atoms with Gasteiger partial charge in [0, 0.05) is 22.8 Å². The molecule has 2 aromatic rings. The fourth-order valence-corrected chi connectivity index (χ4v) is 2.08. The van der Waals surface area contributed by atoms with Gasteiger partial charge in [0.2, 0.25) is 0 Å². The molecule has 0 bridgehead atoms. The van der Waals surface area contributed by atoms with E-state index >= 15 is 0 Å². The Morgan fingerprint density at radius 3 is 2.74 bits per heavy atom. The first-order chi connectivity index (χ1) is 9.11. The minimum Gasteiger partial charge on any atom is -0.496 e. The smallest absolute Gasteiger partial charge is 0.126 e. The van der Waals surface area contributed by atoms with Crippen molar-refractivity contribution in [1.82, 2.24) is 0 Å². The van der Waals surface area contributed by atoms with E-state index in [0.29, 0.717) is 17.1 Å². The van der Waals surface area contributed by atoms with E-state index in [2.05, 4.69) is 5.32 Å². The summed E-state index contributed by atoms with van der Waals surface area (Å²) in [5.41, 5.74) is 2.34. The molecule has 100 valence electrons. The Morgan fingerprint density at radius 1 is 1.26 bits per heavy atom. The van der Waals surface area contributed by atoms with Crippen molar-refractivity contribution in [2.75, 3.05) is 12.4 Å². The molecule has 0 spiro atoms. The van der Waals surface area contributed by atoms with E-state index in [1.54, 1.807) is 26.2 Å². The Labute approximate surface area is 117 Å². The maximum absolute atomic E-state index is 13.2. The molecule has 0 unspecified atom stereocenters. The highest BCUT2D eigenvalue weighted by Crippen LogP contribution is 2.27. The van der Waals surface area contributed by atoms with Gasteiger partial charge in [0.05, 0.1) is 7.11 Å². The molecule has 0 saturated carbocycles. The molecule has 0 radical (unpaired) electrons. The third kappa shape index (κ3) is 3.18. The van der Waals surface area contributed by atoms with Crippen LogP contribution in [0.4, 0.5) is 10.1 Å². The molecular formula is C15H15ClFNO. The summed E-state index contributed by atoms with van der Waals surface area (Å²) >= 11 is 6.15. The van der Waals surface area contributed by atoms with Crippen LogP contribution in [0.5, 0.6) is 5.75 Å². The Morgan fingerprint density at radius 2 is 2.05 bits per heavy atom. The van der Waals surface area contributed by atoms with Crippen LogP contribution in [0.2, 0.25) is 5.02 Å². The van der Waals surface area contributed by atoms with Gasteiger partial charge in [0.15, 0.2) is 0 Å². The fourth-order valence-electron chi connectivity index (χ4n) is 1.85. The largest absolute Gasteiger partial charge is 0.496 e. The predicted octanol–water partition coefficient (Wildman–Crippen LogP) is 4.41. The van der Waals surface area contributed by atoms with Crippen molar-refractivity contribution in [2.45, 2.75) is 13.5 Å². The molecule has 0 atom stereocenters. The van der Waals surface area contributed by atoms with Crippen LogP contribution in [0, 0.1) is 12.7 Å². The lowest BCUT2D eigenvalue weighted by atomic mass is 10.1. The first-order valence-corrected chi connectivity index (χ1v) is 6.31. The van der Waals surface area contributed by atoms with Crippen molar-refractivity contribution in [3.8, 4) is 5.75 Å². The van der Waals surface area contributed by atoms with Gasteiger partial charge >= 0.3 is 0 Å². The van der Waals surface area contributed by atoms with Gasteiger partial charge < -0.3 is 10.1 Å². The molecule has 0 aliphatic heterocycles. The molecule has 4 heteroatoms. The van der Waals surface area contributed by atoms with E-state index in [-0.39, 0.29) is 5.82 Å². The molecule has 1 N–H and O–H groups in total. The molecule has 0 aromatic heterocycles. The molecule has 0 amide bonds. The summed E-state index contributed by atoms with van der Waals surface area (Å²) in [6.07, 6.45) is 0. The van der Waals surface area contributed by atoms with Gasteiger partial charge in [-0.3, -0.25) is 0 Å². The second-order valence-corrected chi connectivity index (χ2v) is 4.65. The molecule has 19 heavy (non-hydrogen) atoms. The maximum atomic E-state index is 13.2. The zero-order valence-corrected chi connectivity index (χ0v) is 11.6. The SMILES string of the molecule is COc1cccc(Cl)c1CNc1ccc(F)c(C)c1. The Hall–Kier alpha value is -1.74. The number of hydrogen-bond donors (Lipinski definition) is 1. The highest BCUT2D eigenvalue weighted by molar-refractivity contribution is 6.31. The number of halogens is 2. The van der Waals surface area contributed by atoms with Crippen molar-refractivity contribution in [3.05, 3.63) is 58.4 Å². The van der Waals surface area contributed by atoms with Crippen LogP contribution in [0.15, 0.2) is 36.4 Å². The second kappa shape index (κ2) is 5.93. The van der Waals surface area contributed by atoms with Crippen LogP contribution in [-0.4, -0.2) is 7.11 Å². The van der Waals surface area contributed by atoms with Crippen molar-refractivity contribution < 1.29 is 9.13 Å². The van der Waals surface area contributed by atoms with Gasteiger partial charge in [-0.25, -0.2) is 4.39 Å². The number of benzene rings is 2. The average molecular weight is 280 g/mol. The first-order valence-electron chi connectivity index (χ1n) is 5.93. The number of methoxy groups -OCH3 is 1. The van der Waals surface area contributed by atoms with Gasteiger partial charge in [0.1, 0.15) is 11.6 Å². The summed E-state index contributed by atoms with van der Waals surface area (Å²) in [5.74, 6) is 0.528.